The zero-order chi connectivity index (χ0) is 17.3. The summed E-state index contributed by atoms with van der Waals surface area (Å²) in [5.74, 6) is 0.496. The molecule has 0 atom stereocenters. The second kappa shape index (κ2) is 6.49. The van der Waals surface area contributed by atoms with Crippen molar-refractivity contribution in [1.29, 1.82) is 0 Å². The first kappa shape index (κ1) is 16.3. The molecule has 4 nitrogen and oxygen atoms in total. The number of imidazole rings is 1. The van der Waals surface area contributed by atoms with Crippen molar-refractivity contribution in [3.63, 3.8) is 0 Å². The lowest BCUT2D eigenvalue weighted by atomic mass is 10.1. The zero-order valence-electron chi connectivity index (χ0n) is 13.7. The van der Waals surface area contributed by atoms with Crippen LogP contribution in [0.5, 0.6) is 0 Å². The number of anilines is 1. The van der Waals surface area contributed by atoms with Crippen molar-refractivity contribution in [3.8, 4) is 11.3 Å². The summed E-state index contributed by atoms with van der Waals surface area (Å²) in [5.41, 5.74) is 9.98. The molecule has 0 unspecified atom stereocenters. The molecule has 24 heavy (non-hydrogen) atoms. The molecule has 0 spiro atoms. The minimum absolute atomic E-state index is 0.0322. The van der Waals surface area contributed by atoms with Crippen LogP contribution in [0.2, 0.25) is 5.02 Å². The first-order valence-corrected chi connectivity index (χ1v) is 8.04. The van der Waals surface area contributed by atoms with Crippen LogP contribution in [0.15, 0.2) is 54.7 Å². The summed E-state index contributed by atoms with van der Waals surface area (Å²) in [5, 5.41) is 0.548. The third kappa shape index (κ3) is 3.19. The maximum absolute atomic E-state index is 12.5. The summed E-state index contributed by atoms with van der Waals surface area (Å²) in [4.78, 5) is 12.5. The maximum atomic E-state index is 12.5. The number of rotatable bonds is 4. The summed E-state index contributed by atoms with van der Waals surface area (Å²) in [6.45, 7) is 2.22. The van der Waals surface area contributed by atoms with Gasteiger partial charge in [-0.25, -0.2) is 9.13 Å². The molecule has 0 radical (unpaired) electrons. The Hall–Kier alpha value is -2.59. The van der Waals surface area contributed by atoms with E-state index in [0.717, 1.165) is 11.3 Å². The number of Topliss-reactive ketones (excluding diaryl/α,β-unsaturated/α-hetero) is 1. The Balaban J connectivity index is 1.91. The summed E-state index contributed by atoms with van der Waals surface area (Å²) in [6, 6.07) is 15.2. The number of hydrogen-bond acceptors (Lipinski definition) is 2. The Kier molecular flexibility index (Phi) is 4.40. The van der Waals surface area contributed by atoms with Crippen molar-refractivity contribution in [2.45, 2.75) is 13.5 Å². The molecule has 0 fully saturated rings. The van der Waals surface area contributed by atoms with Crippen LogP contribution in [-0.4, -0.2) is 10.4 Å². The Morgan fingerprint density at radius 3 is 2.58 bits per heavy atom. The number of nitrogen functional groups attached to an aromatic ring is 1. The predicted molar refractivity (Wildman–Crippen MR) is 96.0 cm³/mol. The quantitative estimate of drug-likeness (QED) is 0.584. The van der Waals surface area contributed by atoms with Crippen molar-refractivity contribution >= 4 is 23.3 Å². The molecule has 0 saturated carbocycles. The van der Waals surface area contributed by atoms with Crippen LogP contribution in [0.1, 0.15) is 15.9 Å². The summed E-state index contributed by atoms with van der Waals surface area (Å²) in [7, 11) is 1.89. The van der Waals surface area contributed by atoms with E-state index in [0.29, 0.717) is 16.5 Å². The fourth-order valence-electron chi connectivity index (χ4n) is 2.64. The Labute approximate surface area is 146 Å². The fourth-order valence-corrected chi connectivity index (χ4v) is 2.83. The van der Waals surface area contributed by atoms with Crippen LogP contribution in [0.4, 0.5) is 5.95 Å². The Morgan fingerprint density at radius 1 is 1.21 bits per heavy atom. The van der Waals surface area contributed by atoms with Crippen LogP contribution >= 0.6 is 11.6 Å². The third-order valence-electron chi connectivity index (χ3n) is 4.09. The van der Waals surface area contributed by atoms with E-state index >= 15 is 0 Å². The van der Waals surface area contributed by atoms with Crippen molar-refractivity contribution < 1.29 is 9.36 Å². The zero-order valence-corrected chi connectivity index (χ0v) is 14.4. The number of aromatic nitrogens is 2. The monoisotopic (exact) mass is 340 g/mol. The number of benzene rings is 2. The first-order chi connectivity index (χ1) is 11.5. The number of hydrogen-bond donors (Lipinski definition) is 1. The van der Waals surface area contributed by atoms with Crippen molar-refractivity contribution in [2.75, 3.05) is 5.73 Å². The van der Waals surface area contributed by atoms with Crippen molar-refractivity contribution in [1.82, 2.24) is 4.57 Å². The molecule has 2 N–H and O–H groups in total. The molecular weight excluding hydrogens is 322 g/mol. The summed E-state index contributed by atoms with van der Waals surface area (Å²) < 4.78 is 3.65. The van der Waals surface area contributed by atoms with Gasteiger partial charge in [-0.3, -0.25) is 10.5 Å². The van der Waals surface area contributed by atoms with Gasteiger partial charge in [-0.1, -0.05) is 53.6 Å². The van der Waals surface area contributed by atoms with Crippen LogP contribution in [-0.2, 0) is 13.6 Å². The Bertz CT molecular complexity index is 897. The topological polar surface area (TPSA) is 51.9 Å². The molecule has 1 aromatic heterocycles. The average Bonchev–Trinajstić information content (AvgIpc) is 2.84. The van der Waals surface area contributed by atoms with Gasteiger partial charge in [0, 0.05) is 16.1 Å². The molecular formula is C19H19ClN3O+. The van der Waals surface area contributed by atoms with Crippen LogP contribution in [0.25, 0.3) is 11.3 Å². The molecule has 3 rings (SSSR count). The van der Waals surface area contributed by atoms with Gasteiger partial charge in [-0.05, 0) is 19.1 Å². The van der Waals surface area contributed by atoms with E-state index in [4.69, 9.17) is 17.3 Å². The lowest BCUT2D eigenvalue weighted by Crippen LogP contribution is -2.39. The molecule has 3 aromatic rings. The number of carbonyl (C=O) groups is 1. The minimum atomic E-state index is -0.0322. The van der Waals surface area contributed by atoms with Gasteiger partial charge in [0.2, 0.25) is 0 Å². The molecule has 1 heterocycles. The summed E-state index contributed by atoms with van der Waals surface area (Å²) >= 11 is 5.96. The normalized spacial score (nSPS) is 10.8. The van der Waals surface area contributed by atoms with Gasteiger partial charge in [0.15, 0.2) is 5.78 Å². The highest BCUT2D eigenvalue weighted by Gasteiger charge is 2.20. The highest BCUT2D eigenvalue weighted by Crippen LogP contribution is 2.20. The van der Waals surface area contributed by atoms with Crippen LogP contribution < -0.4 is 10.3 Å². The maximum Gasteiger partial charge on any atom is 0.355 e. The molecule has 0 aliphatic carbocycles. The SMILES string of the molecule is Cc1ccc(-c2c[n+](CC(=O)c3cccc(Cl)c3)c(N)n2C)cc1. The Morgan fingerprint density at radius 2 is 1.92 bits per heavy atom. The molecule has 0 bridgehead atoms. The second-order valence-corrected chi connectivity index (χ2v) is 6.30. The highest BCUT2D eigenvalue weighted by atomic mass is 35.5. The standard InChI is InChI=1S/C19H18ClN3O/c1-13-6-8-14(9-7-13)17-11-23(19(21)22(17)2)12-18(24)15-4-3-5-16(20)10-15/h3-11,21H,12H2,1-2H3/p+1. The van der Waals surface area contributed by atoms with Gasteiger partial charge in [-0.2, -0.15) is 0 Å². The van der Waals surface area contributed by atoms with E-state index in [1.807, 2.05) is 36.9 Å². The lowest BCUT2D eigenvalue weighted by molar-refractivity contribution is -0.667. The van der Waals surface area contributed by atoms with Gasteiger partial charge >= 0.3 is 5.95 Å². The first-order valence-electron chi connectivity index (χ1n) is 7.66. The largest absolute Gasteiger partial charge is 0.355 e. The van der Waals surface area contributed by atoms with E-state index < -0.39 is 0 Å². The van der Waals surface area contributed by atoms with Gasteiger partial charge < -0.3 is 0 Å². The molecule has 0 amide bonds. The smallest absolute Gasteiger partial charge is 0.291 e. The van der Waals surface area contributed by atoms with E-state index in [1.54, 1.807) is 28.8 Å². The molecule has 0 saturated heterocycles. The lowest BCUT2D eigenvalue weighted by Gasteiger charge is -2.01. The molecule has 5 heteroatoms. The van der Waals surface area contributed by atoms with Crippen LogP contribution in [0.3, 0.4) is 0 Å². The van der Waals surface area contributed by atoms with Crippen molar-refractivity contribution in [3.05, 3.63) is 70.9 Å². The van der Waals surface area contributed by atoms with E-state index in [-0.39, 0.29) is 12.3 Å². The fraction of sp³-hybridized carbons (Fsp3) is 0.158. The number of aryl methyl sites for hydroxylation is 1. The third-order valence-corrected chi connectivity index (χ3v) is 4.32. The number of ketones is 1. The van der Waals surface area contributed by atoms with Gasteiger partial charge in [-0.15, -0.1) is 0 Å². The predicted octanol–water partition coefficient (Wildman–Crippen LogP) is 3.41. The minimum Gasteiger partial charge on any atom is -0.291 e. The average molecular weight is 341 g/mol. The summed E-state index contributed by atoms with van der Waals surface area (Å²) in [6.07, 6.45) is 1.91. The number of halogens is 1. The number of carbonyl (C=O) groups excluding carboxylic acids is 1. The molecule has 2 aromatic carbocycles. The van der Waals surface area contributed by atoms with Crippen molar-refractivity contribution in [2.24, 2.45) is 7.05 Å². The van der Waals surface area contributed by atoms with Crippen LogP contribution in [0, 0.1) is 6.92 Å². The highest BCUT2D eigenvalue weighted by molar-refractivity contribution is 6.30. The van der Waals surface area contributed by atoms with Gasteiger partial charge in [0.05, 0.1) is 7.05 Å². The molecule has 0 aliphatic rings. The van der Waals surface area contributed by atoms with Gasteiger partial charge in [0.25, 0.3) is 0 Å². The molecule has 122 valence electrons. The number of nitrogens with two attached hydrogens (primary N) is 1. The van der Waals surface area contributed by atoms with E-state index in [1.165, 1.54) is 5.56 Å². The van der Waals surface area contributed by atoms with E-state index in [9.17, 15) is 4.79 Å². The molecule has 0 aliphatic heterocycles. The second-order valence-electron chi connectivity index (χ2n) is 5.86. The number of nitrogens with zero attached hydrogens (tertiary/aromatic N) is 2. The van der Waals surface area contributed by atoms with E-state index in [2.05, 4.69) is 12.1 Å². The van der Waals surface area contributed by atoms with Gasteiger partial charge in [0.1, 0.15) is 18.4 Å².